The zero-order valence-electron chi connectivity index (χ0n) is 17.1. The van der Waals surface area contributed by atoms with Crippen LogP contribution in [0.15, 0.2) is 78.2 Å². The highest BCUT2D eigenvalue weighted by Crippen LogP contribution is 2.21. The standard InChI is InChI=1S/C24H22FN3O3/c1-30-19-8-4-6-17(12-19)15-28(24(29)21-9-2-3-10-22(21)25)16-20-13-23(27-31-20)18-7-5-11-26-14-18/h2-12,14,20H,13,15-16H2,1H3. The number of benzene rings is 2. The normalized spacial score (nSPS) is 15.2. The van der Waals surface area contributed by atoms with Crippen LogP contribution in [-0.2, 0) is 11.4 Å². The fourth-order valence-corrected chi connectivity index (χ4v) is 3.49. The fraction of sp³-hybridized carbons (Fsp3) is 0.208. The first kappa shape index (κ1) is 20.5. The molecule has 0 aliphatic carbocycles. The van der Waals surface area contributed by atoms with E-state index in [-0.39, 0.29) is 24.8 Å². The Balaban J connectivity index is 1.54. The lowest BCUT2D eigenvalue weighted by atomic mass is 10.1. The van der Waals surface area contributed by atoms with E-state index >= 15 is 0 Å². The second kappa shape index (κ2) is 9.38. The van der Waals surface area contributed by atoms with Gasteiger partial charge in [-0.15, -0.1) is 0 Å². The van der Waals surface area contributed by atoms with Crippen molar-refractivity contribution in [3.05, 3.63) is 95.6 Å². The molecule has 6 nitrogen and oxygen atoms in total. The van der Waals surface area contributed by atoms with Gasteiger partial charge in [-0.2, -0.15) is 0 Å². The van der Waals surface area contributed by atoms with Crippen LogP contribution in [0.5, 0.6) is 5.75 Å². The molecular formula is C24H22FN3O3. The molecule has 7 heteroatoms. The summed E-state index contributed by atoms with van der Waals surface area (Å²) in [5.74, 6) is -0.266. The summed E-state index contributed by atoms with van der Waals surface area (Å²) >= 11 is 0. The Labute approximate surface area is 179 Å². The van der Waals surface area contributed by atoms with Crippen molar-refractivity contribution in [1.82, 2.24) is 9.88 Å². The van der Waals surface area contributed by atoms with E-state index in [1.54, 1.807) is 36.5 Å². The highest BCUT2D eigenvalue weighted by Gasteiger charge is 2.28. The van der Waals surface area contributed by atoms with E-state index in [2.05, 4.69) is 10.1 Å². The molecule has 0 radical (unpaired) electrons. The van der Waals surface area contributed by atoms with Gasteiger partial charge in [-0.05, 0) is 42.0 Å². The number of carbonyl (C=O) groups is 1. The van der Waals surface area contributed by atoms with Crippen molar-refractivity contribution in [3.63, 3.8) is 0 Å². The fourth-order valence-electron chi connectivity index (χ4n) is 3.49. The van der Waals surface area contributed by atoms with Crippen LogP contribution in [0.2, 0.25) is 0 Å². The molecule has 1 amide bonds. The van der Waals surface area contributed by atoms with Crippen LogP contribution < -0.4 is 4.74 Å². The summed E-state index contributed by atoms with van der Waals surface area (Å²) in [6.07, 6.45) is 3.62. The predicted octanol–water partition coefficient (Wildman–Crippen LogP) is 4.06. The van der Waals surface area contributed by atoms with Crippen LogP contribution in [0, 0.1) is 5.82 Å². The van der Waals surface area contributed by atoms with Crippen LogP contribution in [0.25, 0.3) is 0 Å². The van der Waals surface area contributed by atoms with Crippen molar-refractivity contribution >= 4 is 11.6 Å². The van der Waals surface area contributed by atoms with Crippen LogP contribution >= 0.6 is 0 Å². The average Bonchev–Trinajstić information content (AvgIpc) is 3.28. The molecule has 1 aromatic heterocycles. The van der Waals surface area contributed by atoms with Gasteiger partial charge in [-0.25, -0.2) is 4.39 Å². The lowest BCUT2D eigenvalue weighted by Crippen LogP contribution is -2.37. The zero-order chi connectivity index (χ0) is 21.6. The number of amides is 1. The molecule has 31 heavy (non-hydrogen) atoms. The minimum Gasteiger partial charge on any atom is -0.497 e. The van der Waals surface area contributed by atoms with Gasteiger partial charge in [0, 0.05) is 30.9 Å². The molecule has 1 aliphatic heterocycles. The Morgan fingerprint density at radius 2 is 2.06 bits per heavy atom. The second-order valence-corrected chi connectivity index (χ2v) is 7.23. The van der Waals surface area contributed by atoms with Gasteiger partial charge in [0.05, 0.1) is 24.9 Å². The third kappa shape index (κ3) is 4.88. The number of oxime groups is 1. The minimum atomic E-state index is -0.553. The molecule has 2 aromatic carbocycles. The molecule has 4 rings (SSSR count). The van der Waals surface area contributed by atoms with E-state index in [0.717, 1.165) is 16.8 Å². The summed E-state index contributed by atoms with van der Waals surface area (Å²) in [6, 6.07) is 17.2. The number of ether oxygens (including phenoxy) is 1. The van der Waals surface area contributed by atoms with Crippen molar-refractivity contribution in [2.24, 2.45) is 5.16 Å². The van der Waals surface area contributed by atoms with E-state index in [1.807, 2.05) is 36.4 Å². The quantitative estimate of drug-likeness (QED) is 0.579. The maximum atomic E-state index is 14.3. The highest BCUT2D eigenvalue weighted by atomic mass is 19.1. The second-order valence-electron chi connectivity index (χ2n) is 7.23. The highest BCUT2D eigenvalue weighted by molar-refractivity contribution is 6.01. The number of aromatic nitrogens is 1. The Morgan fingerprint density at radius 3 is 2.84 bits per heavy atom. The Morgan fingerprint density at radius 1 is 1.19 bits per heavy atom. The number of hydrogen-bond donors (Lipinski definition) is 0. The number of methoxy groups -OCH3 is 1. The van der Waals surface area contributed by atoms with E-state index in [9.17, 15) is 9.18 Å². The summed E-state index contributed by atoms with van der Waals surface area (Å²) in [4.78, 5) is 24.5. The number of nitrogens with zero attached hydrogens (tertiary/aromatic N) is 3. The molecule has 2 heterocycles. The third-order valence-corrected chi connectivity index (χ3v) is 5.05. The smallest absolute Gasteiger partial charge is 0.257 e. The molecule has 0 fully saturated rings. The maximum absolute atomic E-state index is 14.3. The molecule has 0 bridgehead atoms. The van der Waals surface area contributed by atoms with Gasteiger partial charge in [0.15, 0.2) is 6.10 Å². The summed E-state index contributed by atoms with van der Waals surface area (Å²) in [5, 5.41) is 4.17. The summed E-state index contributed by atoms with van der Waals surface area (Å²) in [5.41, 5.74) is 2.55. The molecule has 1 unspecified atom stereocenters. The van der Waals surface area contributed by atoms with Crippen molar-refractivity contribution in [2.45, 2.75) is 19.1 Å². The molecule has 1 aliphatic rings. The number of hydrogen-bond acceptors (Lipinski definition) is 5. The molecule has 3 aromatic rings. The van der Waals surface area contributed by atoms with Gasteiger partial charge in [0.25, 0.3) is 5.91 Å². The molecule has 0 spiro atoms. The van der Waals surface area contributed by atoms with Crippen molar-refractivity contribution in [3.8, 4) is 5.75 Å². The Hall–Kier alpha value is -3.74. The van der Waals surface area contributed by atoms with Gasteiger partial charge in [-0.3, -0.25) is 9.78 Å². The van der Waals surface area contributed by atoms with Gasteiger partial charge >= 0.3 is 0 Å². The largest absolute Gasteiger partial charge is 0.497 e. The van der Waals surface area contributed by atoms with Crippen LogP contribution in [-0.4, -0.2) is 41.3 Å². The summed E-state index contributed by atoms with van der Waals surface area (Å²) < 4.78 is 19.6. The van der Waals surface area contributed by atoms with Crippen LogP contribution in [0.1, 0.15) is 27.9 Å². The lowest BCUT2D eigenvalue weighted by Gasteiger charge is -2.25. The van der Waals surface area contributed by atoms with Gasteiger partial charge < -0.3 is 14.5 Å². The maximum Gasteiger partial charge on any atom is 0.257 e. The molecule has 0 N–H and O–H groups in total. The first-order valence-corrected chi connectivity index (χ1v) is 9.94. The number of rotatable bonds is 7. The van der Waals surface area contributed by atoms with E-state index in [4.69, 9.17) is 9.57 Å². The topological polar surface area (TPSA) is 64.0 Å². The Bertz CT molecular complexity index is 1090. The lowest BCUT2D eigenvalue weighted by molar-refractivity contribution is 0.0402. The third-order valence-electron chi connectivity index (χ3n) is 5.05. The van der Waals surface area contributed by atoms with Crippen LogP contribution in [0.4, 0.5) is 4.39 Å². The number of pyridine rings is 1. The van der Waals surface area contributed by atoms with E-state index in [0.29, 0.717) is 12.2 Å². The number of halogens is 1. The number of carbonyl (C=O) groups excluding carboxylic acids is 1. The summed E-state index contributed by atoms with van der Waals surface area (Å²) in [7, 11) is 1.59. The first-order chi connectivity index (χ1) is 15.1. The van der Waals surface area contributed by atoms with Crippen molar-refractivity contribution < 1.29 is 18.8 Å². The van der Waals surface area contributed by atoms with Crippen molar-refractivity contribution in [1.29, 1.82) is 0 Å². The Kier molecular flexibility index (Phi) is 6.21. The van der Waals surface area contributed by atoms with E-state index < -0.39 is 11.7 Å². The molecule has 0 saturated heterocycles. The molecular weight excluding hydrogens is 397 g/mol. The molecule has 0 saturated carbocycles. The zero-order valence-corrected chi connectivity index (χ0v) is 17.1. The van der Waals surface area contributed by atoms with Gasteiger partial charge in [-0.1, -0.05) is 29.4 Å². The van der Waals surface area contributed by atoms with Crippen LogP contribution in [0.3, 0.4) is 0 Å². The molecule has 1 atom stereocenters. The first-order valence-electron chi connectivity index (χ1n) is 9.94. The van der Waals surface area contributed by atoms with Gasteiger partial charge in [0.2, 0.25) is 0 Å². The minimum absolute atomic E-state index is 0.0248. The SMILES string of the molecule is COc1cccc(CN(CC2CC(c3cccnc3)=NO2)C(=O)c2ccccc2F)c1. The van der Waals surface area contributed by atoms with Gasteiger partial charge in [0.1, 0.15) is 11.6 Å². The monoisotopic (exact) mass is 419 g/mol. The molecule has 158 valence electrons. The summed E-state index contributed by atoms with van der Waals surface area (Å²) in [6.45, 7) is 0.546. The predicted molar refractivity (Wildman–Crippen MR) is 114 cm³/mol. The van der Waals surface area contributed by atoms with Crippen molar-refractivity contribution in [2.75, 3.05) is 13.7 Å². The van der Waals surface area contributed by atoms with E-state index in [1.165, 1.54) is 12.1 Å². The average molecular weight is 419 g/mol.